The highest BCUT2D eigenvalue weighted by Crippen LogP contribution is 2.21. The van der Waals surface area contributed by atoms with Gasteiger partial charge in [0.2, 0.25) is 0 Å². The second kappa shape index (κ2) is 6.37. The van der Waals surface area contributed by atoms with Crippen LogP contribution in [0.3, 0.4) is 0 Å². The van der Waals surface area contributed by atoms with Crippen LogP contribution in [-0.2, 0) is 11.3 Å². The van der Waals surface area contributed by atoms with Gasteiger partial charge in [-0.1, -0.05) is 23.7 Å². The number of nitrogens with zero attached hydrogens (tertiary/aromatic N) is 1. The average molecular weight is 283 g/mol. The predicted octanol–water partition coefficient (Wildman–Crippen LogP) is 1.96. The zero-order valence-corrected chi connectivity index (χ0v) is 11.5. The molecule has 1 aromatic rings. The number of halogens is 1. The molecule has 0 spiro atoms. The maximum atomic E-state index is 10.8. The van der Waals surface area contributed by atoms with Gasteiger partial charge in [-0.25, -0.2) is 0 Å². The summed E-state index contributed by atoms with van der Waals surface area (Å²) in [5.41, 5.74) is 7.19. The fourth-order valence-electron chi connectivity index (χ4n) is 2.72. The molecule has 0 aliphatic carbocycles. The van der Waals surface area contributed by atoms with Crippen LogP contribution in [0.15, 0.2) is 24.3 Å². The van der Waals surface area contributed by atoms with Gasteiger partial charge in [-0.05, 0) is 30.0 Å². The second-order valence-corrected chi connectivity index (χ2v) is 5.72. The molecule has 0 radical (unpaired) electrons. The van der Waals surface area contributed by atoms with Crippen LogP contribution in [0.1, 0.15) is 18.4 Å². The van der Waals surface area contributed by atoms with Gasteiger partial charge in [-0.15, -0.1) is 0 Å². The first-order valence-corrected chi connectivity index (χ1v) is 6.85. The summed E-state index contributed by atoms with van der Waals surface area (Å²) >= 11 is 5.86. The molecule has 1 aliphatic heterocycles. The van der Waals surface area contributed by atoms with E-state index in [1.165, 1.54) is 5.56 Å². The Morgan fingerprint density at radius 3 is 2.68 bits per heavy atom. The van der Waals surface area contributed by atoms with Gasteiger partial charge < -0.3 is 10.8 Å². The molecule has 1 fully saturated rings. The van der Waals surface area contributed by atoms with Gasteiger partial charge in [-0.3, -0.25) is 9.69 Å². The molecule has 0 amide bonds. The number of carboxylic acid groups (broad SMARTS) is 1. The van der Waals surface area contributed by atoms with Crippen molar-refractivity contribution in [3.63, 3.8) is 0 Å². The lowest BCUT2D eigenvalue weighted by Crippen LogP contribution is -2.46. The van der Waals surface area contributed by atoms with E-state index < -0.39 is 5.97 Å². The van der Waals surface area contributed by atoms with E-state index in [-0.39, 0.29) is 18.4 Å². The second-order valence-electron chi connectivity index (χ2n) is 5.28. The maximum absolute atomic E-state index is 10.8. The molecule has 2 atom stereocenters. The van der Waals surface area contributed by atoms with Crippen molar-refractivity contribution in [2.45, 2.75) is 25.4 Å². The number of carbonyl (C=O) groups is 1. The molecule has 1 aliphatic rings. The number of nitrogens with two attached hydrogens (primary N) is 1. The molecule has 0 aromatic heterocycles. The lowest BCUT2D eigenvalue weighted by molar-refractivity contribution is -0.138. The van der Waals surface area contributed by atoms with E-state index in [9.17, 15) is 4.79 Å². The molecule has 1 heterocycles. The molecule has 4 nitrogen and oxygen atoms in total. The topological polar surface area (TPSA) is 66.6 Å². The summed E-state index contributed by atoms with van der Waals surface area (Å²) in [4.78, 5) is 13.0. The van der Waals surface area contributed by atoms with Crippen LogP contribution in [0, 0.1) is 5.92 Å². The van der Waals surface area contributed by atoms with Crippen LogP contribution < -0.4 is 5.73 Å². The minimum absolute atomic E-state index is 0.0606. The Labute approximate surface area is 118 Å². The number of benzene rings is 1. The van der Waals surface area contributed by atoms with Gasteiger partial charge in [-0.2, -0.15) is 0 Å². The largest absolute Gasteiger partial charge is 0.481 e. The van der Waals surface area contributed by atoms with Crippen LogP contribution >= 0.6 is 11.6 Å². The van der Waals surface area contributed by atoms with Crippen LogP contribution in [0.25, 0.3) is 0 Å². The quantitative estimate of drug-likeness (QED) is 0.886. The minimum atomic E-state index is -0.745. The van der Waals surface area contributed by atoms with Crippen molar-refractivity contribution in [2.24, 2.45) is 11.7 Å². The summed E-state index contributed by atoms with van der Waals surface area (Å²) in [6.07, 6.45) is 0.994. The third-order valence-electron chi connectivity index (χ3n) is 3.43. The third kappa shape index (κ3) is 4.49. The minimum Gasteiger partial charge on any atom is -0.481 e. The highest BCUT2D eigenvalue weighted by molar-refractivity contribution is 6.30. The van der Waals surface area contributed by atoms with Gasteiger partial charge in [0.25, 0.3) is 0 Å². The molecule has 104 valence electrons. The van der Waals surface area contributed by atoms with Crippen molar-refractivity contribution in [1.29, 1.82) is 0 Å². The smallest absolute Gasteiger partial charge is 0.303 e. The molecule has 0 bridgehead atoms. The molecule has 1 aromatic carbocycles. The Hall–Kier alpha value is -1.10. The summed E-state index contributed by atoms with van der Waals surface area (Å²) in [7, 11) is 0. The number of hydrogen-bond acceptors (Lipinski definition) is 3. The van der Waals surface area contributed by atoms with E-state index in [0.29, 0.717) is 0 Å². The zero-order valence-electron chi connectivity index (χ0n) is 10.8. The van der Waals surface area contributed by atoms with E-state index in [4.69, 9.17) is 22.4 Å². The highest BCUT2D eigenvalue weighted by atomic mass is 35.5. The first-order valence-electron chi connectivity index (χ1n) is 6.47. The van der Waals surface area contributed by atoms with E-state index in [2.05, 4.69) is 4.90 Å². The van der Waals surface area contributed by atoms with E-state index >= 15 is 0 Å². The number of rotatable bonds is 4. The molecule has 3 N–H and O–H groups in total. The third-order valence-corrected chi connectivity index (χ3v) is 3.68. The Morgan fingerprint density at radius 1 is 1.37 bits per heavy atom. The highest BCUT2D eigenvalue weighted by Gasteiger charge is 2.26. The predicted molar refractivity (Wildman–Crippen MR) is 75.1 cm³/mol. The molecule has 19 heavy (non-hydrogen) atoms. The van der Waals surface area contributed by atoms with Gasteiger partial charge in [0, 0.05) is 37.1 Å². The summed E-state index contributed by atoms with van der Waals surface area (Å²) in [6.45, 7) is 2.41. The van der Waals surface area contributed by atoms with Gasteiger partial charge in [0.05, 0.1) is 0 Å². The van der Waals surface area contributed by atoms with Crippen molar-refractivity contribution in [2.75, 3.05) is 13.1 Å². The average Bonchev–Trinajstić information content (AvgIpc) is 2.30. The van der Waals surface area contributed by atoms with Gasteiger partial charge in [0.1, 0.15) is 0 Å². The molecule has 2 rings (SSSR count). The lowest BCUT2D eigenvalue weighted by Gasteiger charge is -2.35. The number of aliphatic carboxylic acids is 1. The van der Waals surface area contributed by atoms with Crippen molar-refractivity contribution < 1.29 is 9.90 Å². The first-order chi connectivity index (χ1) is 9.02. The first kappa shape index (κ1) is 14.3. The fourth-order valence-corrected chi connectivity index (χ4v) is 2.85. The maximum Gasteiger partial charge on any atom is 0.303 e. The summed E-state index contributed by atoms with van der Waals surface area (Å²) < 4.78 is 0. The lowest BCUT2D eigenvalue weighted by atomic mass is 9.91. The summed E-state index contributed by atoms with van der Waals surface area (Å²) in [5, 5.41) is 9.61. The number of carboxylic acids is 1. The van der Waals surface area contributed by atoms with E-state index in [1.807, 2.05) is 24.3 Å². The molecule has 2 unspecified atom stereocenters. The Bertz CT molecular complexity index is 436. The molecule has 5 heteroatoms. The number of likely N-dealkylation sites (tertiary alicyclic amines) is 1. The van der Waals surface area contributed by atoms with Crippen molar-refractivity contribution >= 4 is 17.6 Å². The number of hydrogen-bond donors (Lipinski definition) is 2. The van der Waals surface area contributed by atoms with Gasteiger partial charge in [0.15, 0.2) is 0 Å². The van der Waals surface area contributed by atoms with E-state index in [1.54, 1.807) is 0 Å². The number of piperidine rings is 1. The zero-order chi connectivity index (χ0) is 13.8. The van der Waals surface area contributed by atoms with Crippen LogP contribution in [0.4, 0.5) is 0 Å². The van der Waals surface area contributed by atoms with Crippen molar-refractivity contribution in [3.05, 3.63) is 34.9 Å². The standard InChI is InChI=1S/C14H19ClN2O2/c15-12-3-1-10(2-4-12)7-17-8-11(6-14(18)19)5-13(16)9-17/h1-4,11,13H,5-9,16H2,(H,18,19). The van der Waals surface area contributed by atoms with Crippen LogP contribution in [0.5, 0.6) is 0 Å². The van der Waals surface area contributed by atoms with Crippen LogP contribution in [-0.4, -0.2) is 35.1 Å². The molecular weight excluding hydrogens is 264 g/mol. The molecule has 1 saturated heterocycles. The normalized spacial score (nSPS) is 24.3. The molecular formula is C14H19ClN2O2. The van der Waals surface area contributed by atoms with Crippen molar-refractivity contribution in [3.8, 4) is 0 Å². The van der Waals surface area contributed by atoms with Crippen LogP contribution in [0.2, 0.25) is 5.02 Å². The van der Waals surface area contributed by atoms with Gasteiger partial charge >= 0.3 is 5.97 Å². The Kier molecular flexibility index (Phi) is 4.80. The SMILES string of the molecule is NC1CC(CC(=O)O)CN(Cc2ccc(Cl)cc2)C1. The Balaban J connectivity index is 1.95. The molecule has 0 saturated carbocycles. The van der Waals surface area contributed by atoms with Crippen molar-refractivity contribution in [1.82, 2.24) is 4.90 Å². The van der Waals surface area contributed by atoms with E-state index in [0.717, 1.165) is 31.1 Å². The summed E-state index contributed by atoms with van der Waals surface area (Å²) in [5.74, 6) is -0.598. The Morgan fingerprint density at radius 2 is 2.05 bits per heavy atom. The summed E-state index contributed by atoms with van der Waals surface area (Å²) in [6, 6.07) is 7.79. The monoisotopic (exact) mass is 282 g/mol. The fraction of sp³-hybridized carbons (Fsp3) is 0.500.